The van der Waals surface area contributed by atoms with Crippen molar-refractivity contribution < 1.29 is 26.0 Å². The molecule has 3 rings (SSSR count). The van der Waals surface area contributed by atoms with Gasteiger partial charge in [-0.25, -0.2) is 26.0 Å². The topological polar surface area (TPSA) is 49.4 Å². The summed E-state index contributed by atoms with van der Waals surface area (Å²) in [7, 11) is -4.35. The zero-order chi connectivity index (χ0) is 18.9. The number of hydrogen-bond donors (Lipinski definition) is 1. The predicted octanol–water partition coefficient (Wildman–Crippen LogP) is 3.51. The third kappa shape index (κ3) is 3.68. The largest absolute Gasteiger partial charge is 0.381 e. The van der Waals surface area contributed by atoms with Gasteiger partial charge in [0.05, 0.1) is 0 Å². The zero-order valence-electron chi connectivity index (χ0n) is 13.6. The van der Waals surface area contributed by atoms with Gasteiger partial charge in [-0.05, 0) is 37.1 Å². The Balaban J connectivity index is 1.80. The molecule has 1 aliphatic heterocycles. The maximum atomic E-state index is 13.9. The van der Waals surface area contributed by atoms with E-state index in [1.807, 2.05) is 0 Å². The van der Waals surface area contributed by atoms with Crippen molar-refractivity contribution in [2.75, 3.05) is 18.4 Å². The second-order valence-corrected chi connectivity index (χ2v) is 7.90. The Kier molecular flexibility index (Phi) is 5.19. The lowest BCUT2D eigenvalue weighted by atomic mass is 10.1. The summed E-state index contributed by atoms with van der Waals surface area (Å²) in [6.07, 6.45) is 1.03. The number of piperidine rings is 1. The van der Waals surface area contributed by atoms with Crippen molar-refractivity contribution in [1.82, 2.24) is 4.31 Å². The second-order valence-electron chi connectivity index (χ2n) is 6.03. The van der Waals surface area contributed by atoms with Gasteiger partial charge >= 0.3 is 0 Å². The molecule has 0 amide bonds. The van der Waals surface area contributed by atoms with Gasteiger partial charge in [0.2, 0.25) is 10.0 Å². The van der Waals surface area contributed by atoms with Crippen LogP contribution >= 0.6 is 0 Å². The standard InChI is InChI=1S/C17H16F4N2O2S/c18-13-7-6-11(9-16(13)21)22-12-3-2-8-23(10-12)26(24,25)17-14(19)4-1-5-15(17)20/h1,4-7,9,12,22H,2-3,8,10H2. The van der Waals surface area contributed by atoms with E-state index in [1.165, 1.54) is 6.07 Å². The quantitative estimate of drug-likeness (QED) is 0.816. The second kappa shape index (κ2) is 7.24. The van der Waals surface area contributed by atoms with Gasteiger partial charge in [-0.2, -0.15) is 4.31 Å². The third-order valence-electron chi connectivity index (χ3n) is 4.19. The van der Waals surface area contributed by atoms with Crippen molar-refractivity contribution in [3.63, 3.8) is 0 Å². The lowest BCUT2D eigenvalue weighted by Crippen LogP contribution is -2.45. The van der Waals surface area contributed by atoms with E-state index in [1.54, 1.807) is 0 Å². The molecule has 2 aromatic rings. The van der Waals surface area contributed by atoms with Crippen LogP contribution in [0, 0.1) is 23.3 Å². The lowest BCUT2D eigenvalue weighted by Gasteiger charge is -2.33. The highest BCUT2D eigenvalue weighted by Crippen LogP contribution is 2.26. The Labute approximate surface area is 148 Å². The van der Waals surface area contributed by atoms with Crippen molar-refractivity contribution in [2.45, 2.75) is 23.8 Å². The third-order valence-corrected chi connectivity index (χ3v) is 6.11. The molecule has 0 spiro atoms. The average molecular weight is 388 g/mol. The molecular formula is C17H16F4N2O2S. The molecule has 2 aromatic carbocycles. The van der Waals surface area contributed by atoms with Crippen LogP contribution in [0.1, 0.15) is 12.8 Å². The first-order chi connectivity index (χ1) is 12.3. The Morgan fingerprint density at radius 2 is 1.65 bits per heavy atom. The van der Waals surface area contributed by atoms with E-state index in [0.29, 0.717) is 18.5 Å². The van der Waals surface area contributed by atoms with Crippen LogP contribution < -0.4 is 5.32 Å². The molecule has 0 aromatic heterocycles. The average Bonchev–Trinajstić information content (AvgIpc) is 2.58. The first-order valence-electron chi connectivity index (χ1n) is 7.95. The summed E-state index contributed by atoms with van der Waals surface area (Å²) in [5, 5.41) is 2.93. The van der Waals surface area contributed by atoms with Crippen LogP contribution in [0.2, 0.25) is 0 Å². The van der Waals surface area contributed by atoms with E-state index >= 15 is 0 Å². The van der Waals surface area contributed by atoms with Gasteiger partial charge in [0.15, 0.2) is 16.5 Å². The Morgan fingerprint density at radius 1 is 0.962 bits per heavy atom. The van der Waals surface area contributed by atoms with Gasteiger partial charge in [-0.15, -0.1) is 0 Å². The number of nitrogens with one attached hydrogen (secondary N) is 1. The molecule has 0 saturated carbocycles. The van der Waals surface area contributed by atoms with Gasteiger partial charge in [0.1, 0.15) is 11.6 Å². The summed E-state index contributed by atoms with van der Waals surface area (Å²) in [5.74, 6) is -4.32. The van der Waals surface area contributed by atoms with Crippen molar-refractivity contribution in [1.29, 1.82) is 0 Å². The molecule has 0 aliphatic carbocycles. The fourth-order valence-corrected chi connectivity index (χ4v) is 4.59. The minimum Gasteiger partial charge on any atom is -0.381 e. The molecule has 1 unspecified atom stereocenters. The van der Waals surface area contributed by atoms with E-state index in [0.717, 1.165) is 34.6 Å². The van der Waals surface area contributed by atoms with Crippen molar-refractivity contribution in [2.24, 2.45) is 0 Å². The highest BCUT2D eigenvalue weighted by molar-refractivity contribution is 7.89. The number of hydrogen-bond acceptors (Lipinski definition) is 3. The number of anilines is 1. The van der Waals surface area contributed by atoms with Gasteiger partial charge in [-0.3, -0.25) is 0 Å². The van der Waals surface area contributed by atoms with E-state index < -0.39 is 44.2 Å². The molecule has 9 heteroatoms. The molecule has 26 heavy (non-hydrogen) atoms. The monoisotopic (exact) mass is 388 g/mol. The maximum Gasteiger partial charge on any atom is 0.248 e. The Hall–Kier alpha value is -2.13. The van der Waals surface area contributed by atoms with Crippen LogP contribution in [0.25, 0.3) is 0 Å². The minimum atomic E-state index is -4.35. The van der Waals surface area contributed by atoms with Crippen LogP contribution in [0.15, 0.2) is 41.3 Å². The lowest BCUT2D eigenvalue weighted by molar-refractivity contribution is 0.324. The zero-order valence-corrected chi connectivity index (χ0v) is 14.4. The molecule has 1 fully saturated rings. The smallest absolute Gasteiger partial charge is 0.248 e. The fourth-order valence-electron chi connectivity index (χ4n) is 2.96. The van der Waals surface area contributed by atoms with Gasteiger partial charge < -0.3 is 5.32 Å². The van der Waals surface area contributed by atoms with Crippen molar-refractivity contribution in [3.05, 3.63) is 59.7 Å². The van der Waals surface area contributed by atoms with E-state index in [9.17, 15) is 26.0 Å². The maximum absolute atomic E-state index is 13.9. The molecular weight excluding hydrogens is 372 g/mol. The van der Waals surface area contributed by atoms with Crippen LogP contribution in [0.4, 0.5) is 23.2 Å². The summed E-state index contributed by atoms with van der Waals surface area (Å²) in [6, 6.07) is 5.73. The van der Waals surface area contributed by atoms with Crippen LogP contribution in [-0.4, -0.2) is 31.9 Å². The molecule has 1 N–H and O–H groups in total. The Bertz CT molecular complexity index is 901. The fraction of sp³-hybridized carbons (Fsp3) is 0.294. The minimum absolute atomic E-state index is 0.0465. The van der Waals surface area contributed by atoms with Crippen molar-refractivity contribution >= 4 is 15.7 Å². The summed E-state index contributed by atoms with van der Waals surface area (Å²) in [4.78, 5) is -0.978. The highest BCUT2D eigenvalue weighted by Gasteiger charge is 2.34. The molecule has 0 bridgehead atoms. The number of halogens is 4. The molecule has 1 saturated heterocycles. The van der Waals surface area contributed by atoms with E-state index in [4.69, 9.17) is 0 Å². The van der Waals surface area contributed by atoms with Gasteiger partial charge in [-0.1, -0.05) is 6.07 Å². The summed E-state index contributed by atoms with van der Waals surface area (Å²) in [6.45, 7) is 0.0706. The Morgan fingerprint density at radius 3 is 2.31 bits per heavy atom. The molecule has 140 valence electrons. The number of rotatable bonds is 4. The van der Waals surface area contributed by atoms with Crippen LogP contribution in [0.5, 0.6) is 0 Å². The summed E-state index contributed by atoms with van der Waals surface area (Å²) in [5.41, 5.74) is 0.297. The van der Waals surface area contributed by atoms with Crippen molar-refractivity contribution in [3.8, 4) is 0 Å². The molecule has 4 nitrogen and oxygen atoms in total. The van der Waals surface area contributed by atoms with Crippen LogP contribution in [0.3, 0.4) is 0 Å². The predicted molar refractivity (Wildman–Crippen MR) is 88.1 cm³/mol. The highest BCUT2D eigenvalue weighted by atomic mass is 32.2. The molecule has 1 heterocycles. The SMILES string of the molecule is O=S(=O)(c1c(F)cccc1F)N1CCCC(Nc2ccc(F)c(F)c2)C1. The van der Waals surface area contributed by atoms with Gasteiger partial charge in [0.25, 0.3) is 0 Å². The molecule has 1 aliphatic rings. The summed E-state index contributed by atoms with van der Waals surface area (Å²) < 4.78 is 80.3. The number of sulfonamides is 1. The van der Waals surface area contributed by atoms with Gasteiger partial charge in [0, 0.05) is 30.9 Å². The normalized spacial score (nSPS) is 18.7. The number of nitrogens with zero attached hydrogens (tertiary/aromatic N) is 1. The molecule has 0 radical (unpaired) electrons. The van der Waals surface area contributed by atoms with E-state index in [-0.39, 0.29) is 13.1 Å². The van der Waals surface area contributed by atoms with Crippen LogP contribution in [-0.2, 0) is 10.0 Å². The number of benzene rings is 2. The van der Waals surface area contributed by atoms with E-state index in [2.05, 4.69) is 5.32 Å². The summed E-state index contributed by atoms with van der Waals surface area (Å²) >= 11 is 0. The first kappa shape index (κ1) is 18.7. The first-order valence-corrected chi connectivity index (χ1v) is 9.39. The molecule has 1 atom stereocenters.